The maximum Gasteiger partial charge on any atom is 0.292 e. The van der Waals surface area contributed by atoms with Crippen LogP contribution in [0.5, 0.6) is 0 Å². The highest BCUT2D eigenvalue weighted by Crippen LogP contribution is 2.28. The van der Waals surface area contributed by atoms with Gasteiger partial charge in [-0.3, -0.25) is 19.7 Å². The van der Waals surface area contributed by atoms with Gasteiger partial charge in [-0.1, -0.05) is 12.1 Å². The molecule has 1 aliphatic heterocycles. The number of nitro benzene ring substituents is 1. The smallest absolute Gasteiger partial charge is 0.292 e. The summed E-state index contributed by atoms with van der Waals surface area (Å²) in [7, 11) is 0. The summed E-state index contributed by atoms with van der Waals surface area (Å²) in [6.07, 6.45) is -0.191. The Balaban J connectivity index is 2.00. The molecule has 1 aromatic carbocycles. The summed E-state index contributed by atoms with van der Waals surface area (Å²) in [5, 5.41) is 11.1. The Morgan fingerprint density at radius 3 is 2.39 bits per heavy atom. The first kappa shape index (κ1) is 16.7. The maximum absolute atomic E-state index is 12.1. The molecule has 0 saturated carbocycles. The zero-order valence-electron chi connectivity index (χ0n) is 12.6. The highest BCUT2D eigenvalue weighted by Gasteiger charge is 2.28. The van der Waals surface area contributed by atoms with Crippen molar-refractivity contribution in [3.05, 3.63) is 34.4 Å². The number of nitrogens with zero attached hydrogens (tertiary/aromatic N) is 3. The van der Waals surface area contributed by atoms with Crippen LogP contribution in [0.4, 0.5) is 11.4 Å². The molecule has 9 heteroatoms. The van der Waals surface area contributed by atoms with Crippen LogP contribution in [0.25, 0.3) is 0 Å². The van der Waals surface area contributed by atoms with E-state index in [-0.39, 0.29) is 18.0 Å². The summed E-state index contributed by atoms with van der Waals surface area (Å²) in [6.45, 7) is 1.69. The lowest BCUT2D eigenvalue weighted by Gasteiger charge is -2.36. The van der Waals surface area contributed by atoms with Crippen molar-refractivity contribution in [1.82, 2.24) is 4.90 Å². The standard InChI is InChI=1S/C14H19N5O4/c15-10(9-13(16)20)14(21)18-7-5-17(6-8-18)11-3-1-2-4-12(11)19(22)23/h1-4,10H,5-9,15H2,(H2,16,20). The van der Waals surface area contributed by atoms with Crippen LogP contribution in [0.3, 0.4) is 0 Å². The fourth-order valence-electron chi connectivity index (χ4n) is 2.59. The molecular weight excluding hydrogens is 302 g/mol. The molecule has 2 rings (SSSR count). The first-order valence-corrected chi connectivity index (χ1v) is 7.21. The Hall–Kier alpha value is -2.68. The van der Waals surface area contributed by atoms with E-state index in [1.165, 1.54) is 6.07 Å². The van der Waals surface area contributed by atoms with Crippen molar-refractivity contribution < 1.29 is 14.5 Å². The second-order valence-corrected chi connectivity index (χ2v) is 5.34. The zero-order valence-corrected chi connectivity index (χ0v) is 12.6. The van der Waals surface area contributed by atoms with Crippen molar-refractivity contribution in [2.75, 3.05) is 31.1 Å². The molecule has 1 unspecified atom stereocenters. The number of piperazine rings is 1. The largest absolute Gasteiger partial charge is 0.370 e. The minimum atomic E-state index is -0.940. The zero-order chi connectivity index (χ0) is 17.0. The van der Waals surface area contributed by atoms with Crippen LogP contribution in [0, 0.1) is 10.1 Å². The molecule has 0 aliphatic carbocycles. The molecule has 124 valence electrons. The molecule has 1 heterocycles. The average Bonchev–Trinajstić information content (AvgIpc) is 2.53. The van der Waals surface area contributed by atoms with E-state index >= 15 is 0 Å². The van der Waals surface area contributed by atoms with E-state index in [9.17, 15) is 19.7 Å². The van der Waals surface area contributed by atoms with Crippen LogP contribution in [0.2, 0.25) is 0 Å². The summed E-state index contributed by atoms with van der Waals surface area (Å²) >= 11 is 0. The molecule has 23 heavy (non-hydrogen) atoms. The summed E-state index contributed by atoms with van der Waals surface area (Å²) in [5.74, 6) is -0.949. The van der Waals surface area contributed by atoms with Crippen molar-refractivity contribution in [2.24, 2.45) is 11.5 Å². The van der Waals surface area contributed by atoms with Crippen molar-refractivity contribution in [1.29, 1.82) is 0 Å². The maximum atomic E-state index is 12.1. The third-order valence-electron chi connectivity index (χ3n) is 3.75. The molecule has 0 aromatic heterocycles. The van der Waals surface area contributed by atoms with Crippen LogP contribution in [-0.4, -0.2) is 53.9 Å². The highest BCUT2D eigenvalue weighted by molar-refractivity contribution is 5.87. The van der Waals surface area contributed by atoms with Gasteiger partial charge < -0.3 is 21.3 Å². The van der Waals surface area contributed by atoms with Gasteiger partial charge in [0.05, 0.1) is 17.4 Å². The van der Waals surface area contributed by atoms with Crippen LogP contribution in [0.1, 0.15) is 6.42 Å². The summed E-state index contributed by atoms with van der Waals surface area (Å²) in [6, 6.07) is 5.56. The molecular formula is C14H19N5O4. The molecule has 4 N–H and O–H groups in total. The van der Waals surface area contributed by atoms with E-state index in [0.717, 1.165) is 0 Å². The molecule has 0 bridgehead atoms. The Morgan fingerprint density at radius 1 is 1.22 bits per heavy atom. The summed E-state index contributed by atoms with van der Waals surface area (Å²) in [5.41, 5.74) is 11.3. The SMILES string of the molecule is NC(=O)CC(N)C(=O)N1CCN(c2ccccc2[N+](=O)[O-])CC1. The van der Waals surface area contributed by atoms with Gasteiger partial charge in [0.25, 0.3) is 5.69 Å². The predicted octanol–water partition coefficient (Wildman–Crippen LogP) is -0.554. The number of hydrogen-bond donors (Lipinski definition) is 2. The van der Waals surface area contributed by atoms with E-state index in [1.54, 1.807) is 23.1 Å². The van der Waals surface area contributed by atoms with Crippen molar-refractivity contribution in [2.45, 2.75) is 12.5 Å². The number of carbonyl (C=O) groups excluding carboxylic acids is 2. The first-order chi connectivity index (χ1) is 10.9. The highest BCUT2D eigenvalue weighted by atomic mass is 16.6. The number of nitro groups is 1. The van der Waals surface area contributed by atoms with Crippen LogP contribution < -0.4 is 16.4 Å². The number of amides is 2. The lowest BCUT2D eigenvalue weighted by atomic mass is 10.1. The second kappa shape index (κ2) is 7.05. The second-order valence-electron chi connectivity index (χ2n) is 5.34. The number of nitrogens with two attached hydrogens (primary N) is 2. The fraction of sp³-hybridized carbons (Fsp3) is 0.429. The Kier molecular flexibility index (Phi) is 5.12. The average molecular weight is 321 g/mol. The van der Waals surface area contributed by atoms with Crippen LogP contribution >= 0.6 is 0 Å². The van der Waals surface area contributed by atoms with Gasteiger partial charge in [-0.05, 0) is 6.07 Å². The Bertz CT molecular complexity index is 613. The monoisotopic (exact) mass is 321 g/mol. The molecule has 0 spiro atoms. The molecule has 1 aliphatic rings. The normalized spacial score (nSPS) is 16.0. The Labute approximate surface area is 133 Å². The van der Waals surface area contributed by atoms with E-state index in [2.05, 4.69) is 0 Å². The minimum Gasteiger partial charge on any atom is -0.370 e. The Morgan fingerprint density at radius 2 is 1.83 bits per heavy atom. The van der Waals surface area contributed by atoms with Crippen molar-refractivity contribution in [3.8, 4) is 0 Å². The number of carbonyl (C=O) groups is 2. The molecule has 1 atom stereocenters. The number of anilines is 1. The lowest BCUT2D eigenvalue weighted by molar-refractivity contribution is -0.384. The topological polar surface area (TPSA) is 136 Å². The molecule has 9 nitrogen and oxygen atoms in total. The van der Waals surface area contributed by atoms with E-state index in [1.807, 2.05) is 4.90 Å². The van der Waals surface area contributed by atoms with Gasteiger partial charge in [0.2, 0.25) is 11.8 Å². The van der Waals surface area contributed by atoms with Gasteiger partial charge in [0.1, 0.15) is 5.69 Å². The van der Waals surface area contributed by atoms with Crippen molar-refractivity contribution in [3.63, 3.8) is 0 Å². The number of rotatable bonds is 5. The summed E-state index contributed by atoms with van der Waals surface area (Å²) in [4.78, 5) is 37.0. The number of benzene rings is 1. The first-order valence-electron chi connectivity index (χ1n) is 7.21. The fourth-order valence-corrected chi connectivity index (χ4v) is 2.59. The summed E-state index contributed by atoms with van der Waals surface area (Å²) < 4.78 is 0. The predicted molar refractivity (Wildman–Crippen MR) is 83.7 cm³/mol. The van der Waals surface area contributed by atoms with Gasteiger partial charge >= 0.3 is 0 Å². The van der Waals surface area contributed by atoms with Crippen LogP contribution in [0.15, 0.2) is 24.3 Å². The molecule has 0 radical (unpaired) electrons. The molecule has 1 aromatic rings. The van der Waals surface area contributed by atoms with E-state index in [0.29, 0.717) is 31.9 Å². The molecule has 2 amide bonds. The number of para-hydroxylation sites is 2. The number of hydrogen-bond acceptors (Lipinski definition) is 6. The van der Waals surface area contributed by atoms with Gasteiger partial charge in [-0.25, -0.2) is 0 Å². The minimum absolute atomic E-state index is 0.0395. The van der Waals surface area contributed by atoms with Gasteiger partial charge in [-0.15, -0.1) is 0 Å². The molecule has 1 saturated heterocycles. The van der Waals surface area contributed by atoms with Gasteiger partial charge in [0.15, 0.2) is 0 Å². The number of primary amides is 1. The quantitative estimate of drug-likeness (QED) is 0.551. The third kappa shape index (κ3) is 3.95. The molecule has 1 fully saturated rings. The van der Waals surface area contributed by atoms with Crippen LogP contribution in [-0.2, 0) is 9.59 Å². The third-order valence-corrected chi connectivity index (χ3v) is 3.75. The van der Waals surface area contributed by atoms with Crippen molar-refractivity contribution >= 4 is 23.2 Å². The van der Waals surface area contributed by atoms with Gasteiger partial charge in [0, 0.05) is 32.2 Å². The van der Waals surface area contributed by atoms with E-state index < -0.39 is 16.9 Å². The lowest BCUT2D eigenvalue weighted by Crippen LogP contribution is -2.53. The van der Waals surface area contributed by atoms with E-state index in [4.69, 9.17) is 11.5 Å². The van der Waals surface area contributed by atoms with Gasteiger partial charge in [-0.2, -0.15) is 0 Å².